The van der Waals surface area contributed by atoms with E-state index in [9.17, 15) is 0 Å². The number of hydrogen-bond donors (Lipinski definition) is 2. The molecular weight excluding hydrogens is 220 g/mol. The van der Waals surface area contributed by atoms with Crippen LogP contribution in [0.5, 0.6) is 0 Å². The van der Waals surface area contributed by atoms with Crippen LogP contribution in [0.4, 0.5) is 5.82 Å². The minimum absolute atomic E-state index is 0.277. The number of anilines is 1. The number of nitrogens with two attached hydrogens (primary N) is 1. The van der Waals surface area contributed by atoms with Crippen molar-refractivity contribution in [3.05, 3.63) is 18.1 Å². The molecule has 5 heteroatoms. The molecule has 0 radical (unpaired) electrons. The SMILES string of the molecule is CC(C)CCCNc1cnc(C(N)=S)cn1. The van der Waals surface area contributed by atoms with Gasteiger partial charge in [0.05, 0.1) is 12.4 Å². The van der Waals surface area contributed by atoms with Crippen LogP contribution in [0.2, 0.25) is 0 Å². The van der Waals surface area contributed by atoms with Gasteiger partial charge >= 0.3 is 0 Å². The van der Waals surface area contributed by atoms with Crippen molar-refractivity contribution < 1.29 is 0 Å². The molecule has 1 heterocycles. The summed E-state index contributed by atoms with van der Waals surface area (Å²) >= 11 is 4.80. The fourth-order valence-corrected chi connectivity index (χ4v) is 1.38. The van der Waals surface area contributed by atoms with Gasteiger partial charge in [0.1, 0.15) is 16.5 Å². The molecule has 1 rings (SSSR count). The Labute approximate surface area is 102 Å². The third kappa shape index (κ3) is 4.53. The summed E-state index contributed by atoms with van der Waals surface area (Å²) in [6, 6.07) is 0. The van der Waals surface area contributed by atoms with E-state index in [1.807, 2.05) is 0 Å². The number of aromatic nitrogens is 2. The van der Waals surface area contributed by atoms with E-state index < -0.39 is 0 Å². The van der Waals surface area contributed by atoms with Gasteiger partial charge in [0.25, 0.3) is 0 Å². The van der Waals surface area contributed by atoms with E-state index in [2.05, 4.69) is 29.1 Å². The van der Waals surface area contributed by atoms with Gasteiger partial charge in [-0.3, -0.25) is 0 Å². The lowest BCUT2D eigenvalue weighted by molar-refractivity contribution is 0.566. The molecule has 0 saturated heterocycles. The Hall–Kier alpha value is -1.23. The van der Waals surface area contributed by atoms with Gasteiger partial charge in [0.2, 0.25) is 0 Å². The molecular formula is C11H18N4S. The van der Waals surface area contributed by atoms with Crippen LogP contribution < -0.4 is 11.1 Å². The topological polar surface area (TPSA) is 63.8 Å². The molecule has 1 aromatic heterocycles. The van der Waals surface area contributed by atoms with Crippen LogP contribution >= 0.6 is 12.2 Å². The first-order chi connectivity index (χ1) is 7.59. The first-order valence-corrected chi connectivity index (χ1v) is 5.86. The van der Waals surface area contributed by atoms with Crippen molar-refractivity contribution in [1.82, 2.24) is 9.97 Å². The van der Waals surface area contributed by atoms with E-state index in [0.29, 0.717) is 5.69 Å². The quantitative estimate of drug-likeness (QED) is 0.586. The Morgan fingerprint density at radius 1 is 1.44 bits per heavy atom. The van der Waals surface area contributed by atoms with E-state index in [0.717, 1.165) is 24.7 Å². The Bertz CT molecular complexity index is 334. The van der Waals surface area contributed by atoms with E-state index in [1.165, 1.54) is 6.42 Å². The number of nitrogens with one attached hydrogen (secondary N) is 1. The van der Waals surface area contributed by atoms with Crippen LogP contribution in [-0.4, -0.2) is 21.5 Å². The van der Waals surface area contributed by atoms with Gasteiger partial charge in [0.15, 0.2) is 0 Å². The highest BCUT2D eigenvalue weighted by atomic mass is 32.1. The zero-order valence-electron chi connectivity index (χ0n) is 9.73. The highest BCUT2D eigenvalue weighted by Crippen LogP contribution is 2.05. The second-order valence-electron chi connectivity index (χ2n) is 4.11. The molecule has 0 aliphatic rings. The van der Waals surface area contributed by atoms with Crippen molar-refractivity contribution in [3.63, 3.8) is 0 Å². The summed E-state index contributed by atoms with van der Waals surface area (Å²) in [4.78, 5) is 8.55. The largest absolute Gasteiger partial charge is 0.388 e. The van der Waals surface area contributed by atoms with Crippen LogP contribution in [0.25, 0.3) is 0 Å². The second-order valence-corrected chi connectivity index (χ2v) is 4.55. The smallest absolute Gasteiger partial charge is 0.144 e. The van der Waals surface area contributed by atoms with Crippen LogP contribution in [0.15, 0.2) is 12.4 Å². The molecule has 0 saturated carbocycles. The average molecular weight is 238 g/mol. The van der Waals surface area contributed by atoms with E-state index in [1.54, 1.807) is 12.4 Å². The number of rotatable bonds is 6. The zero-order chi connectivity index (χ0) is 12.0. The highest BCUT2D eigenvalue weighted by Gasteiger charge is 1.99. The summed E-state index contributed by atoms with van der Waals surface area (Å²) in [6.45, 7) is 5.35. The molecule has 0 aliphatic heterocycles. The highest BCUT2D eigenvalue weighted by molar-refractivity contribution is 7.80. The van der Waals surface area contributed by atoms with Crippen molar-refractivity contribution in [3.8, 4) is 0 Å². The van der Waals surface area contributed by atoms with Crippen molar-refractivity contribution in [2.45, 2.75) is 26.7 Å². The molecule has 0 atom stereocenters. The van der Waals surface area contributed by atoms with Crippen molar-refractivity contribution >= 4 is 23.0 Å². The van der Waals surface area contributed by atoms with Gasteiger partial charge in [-0.1, -0.05) is 26.1 Å². The lowest BCUT2D eigenvalue weighted by Gasteiger charge is -2.07. The summed E-state index contributed by atoms with van der Waals surface area (Å²) in [5, 5.41) is 3.21. The third-order valence-corrected chi connectivity index (χ3v) is 2.38. The standard InChI is InChI=1S/C11H18N4S/c1-8(2)4-3-5-13-10-7-14-9(6-15-10)11(12)16/h6-8H,3-5H2,1-2H3,(H2,12,16)(H,13,15). The van der Waals surface area contributed by atoms with Gasteiger partial charge in [-0.25, -0.2) is 9.97 Å². The van der Waals surface area contributed by atoms with E-state index in [4.69, 9.17) is 18.0 Å². The Morgan fingerprint density at radius 2 is 2.19 bits per heavy atom. The summed E-state index contributed by atoms with van der Waals surface area (Å²) in [5.41, 5.74) is 5.99. The number of thiocarbonyl (C=S) groups is 1. The third-order valence-electron chi connectivity index (χ3n) is 2.17. The van der Waals surface area contributed by atoms with Crippen molar-refractivity contribution in [2.75, 3.05) is 11.9 Å². The zero-order valence-corrected chi connectivity index (χ0v) is 10.5. The molecule has 0 amide bonds. The van der Waals surface area contributed by atoms with Crippen LogP contribution in [-0.2, 0) is 0 Å². The summed E-state index contributed by atoms with van der Waals surface area (Å²) in [6.07, 6.45) is 5.60. The first-order valence-electron chi connectivity index (χ1n) is 5.45. The first kappa shape index (κ1) is 12.8. The maximum Gasteiger partial charge on any atom is 0.144 e. The number of nitrogens with zero attached hydrogens (tertiary/aromatic N) is 2. The van der Waals surface area contributed by atoms with E-state index >= 15 is 0 Å². The van der Waals surface area contributed by atoms with Crippen molar-refractivity contribution in [2.24, 2.45) is 11.7 Å². The molecule has 1 aromatic rings. The molecule has 4 nitrogen and oxygen atoms in total. The summed E-state index contributed by atoms with van der Waals surface area (Å²) in [5.74, 6) is 1.51. The molecule has 0 aliphatic carbocycles. The van der Waals surface area contributed by atoms with Gasteiger partial charge in [-0.15, -0.1) is 0 Å². The van der Waals surface area contributed by atoms with E-state index in [-0.39, 0.29) is 4.99 Å². The molecule has 0 spiro atoms. The van der Waals surface area contributed by atoms with Gasteiger partial charge in [-0.2, -0.15) is 0 Å². The molecule has 16 heavy (non-hydrogen) atoms. The summed E-state index contributed by atoms with van der Waals surface area (Å²) < 4.78 is 0. The molecule has 0 unspecified atom stereocenters. The minimum atomic E-state index is 0.277. The lowest BCUT2D eigenvalue weighted by Crippen LogP contribution is -2.13. The lowest BCUT2D eigenvalue weighted by atomic mass is 10.1. The van der Waals surface area contributed by atoms with Crippen LogP contribution in [0.1, 0.15) is 32.4 Å². The Balaban J connectivity index is 2.35. The Morgan fingerprint density at radius 3 is 2.69 bits per heavy atom. The maximum absolute atomic E-state index is 5.43. The number of hydrogen-bond acceptors (Lipinski definition) is 4. The van der Waals surface area contributed by atoms with Gasteiger partial charge in [0, 0.05) is 6.54 Å². The maximum atomic E-state index is 5.43. The van der Waals surface area contributed by atoms with Crippen LogP contribution in [0, 0.1) is 5.92 Å². The molecule has 0 bridgehead atoms. The monoisotopic (exact) mass is 238 g/mol. The molecule has 3 N–H and O–H groups in total. The van der Waals surface area contributed by atoms with Crippen molar-refractivity contribution in [1.29, 1.82) is 0 Å². The molecule has 0 aromatic carbocycles. The molecule has 0 fully saturated rings. The fraction of sp³-hybridized carbons (Fsp3) is 0.545. The van der Waals surface area contributed by atoms with Crippen LogP contribution in [0.3, 0.4) is 0 Å². The second kappa shape index (κ2) is 6.37. The molecule has 88 valence electrons. The Kier molecular flexibility index (Phi) is 5.11. The minimum Gasteiger partial charge on any atom is -0.388 e. The fourth-order valence-electron chi connectivity index (χ4n) is 1.27. The predicted molar refractivity (Wildman–Crippen MR) is 70.5 cm³/mol. The predicted octanol–water partition coefficient (Wildman–Crippen LogP) is 1.96. The van der Waals surface area contributed by atoms with Gasteiger partial charge < -0.3 is 11.1 Å². The summed E-state index contributed by atoms with van der Waals surface area (Å²) in [7, 11) is 0. The normalized spacial score (nSPS) is 10.4. The van der Waals surface area contributed by atoms with Gasteiger partial charge in [-0.05, 0) is 18.8 Å². The average Bonchev–Trinajstić information content (AvgIpc) is 2.25.